The summed E-state index contributed by atoms with van der Waals surface area (Å²) in [5.74, 6) is -0.176. The average molecular weight is 588 g/mol. The van der Waals surface area contributed by atoms with Crippen molar-refractivity contribution in [2.45, 2.75) is 39.7 Å². The Morgan fingerprint density at radius 1 is 0.905 bits per heavy atom. The van der Waals surface area contributed by atoms with Gasteiger partial charge in [0, 0.05) is 35.1 Å². The molecule has 2 N–H and O–H groups in total. The van der Waals surface area contributed by atoms with Gasteiger partial charge in [0.1, 0.15) is 24.7 Å². The van der Waals surface area contributed by atoms with Crippen molar-refractivity contribution in [1.82, 2.24) is 4.57 Å². The quantitative estimate of drug-likeness (QED) is 0.116. The second-order valence-corrected chi connectivity index (χ2v) is 10.5. The summed E-state index contributed by atoms with van der Waals surface area (Å²) in [7, 11) is 0. The first-order chi connectivity index (χ1) is 20.2. The highest BCUT2D eigenvalue weighted by atomic mass is 35.5. The fraction of sp³-hybridized carbons (Fsp3) is 0.235. The van der Waals surface area contributed by atoms with Crippen LogP contribution in [0.2, 0.25) is 5.02 Å². The average Bonchev–Trinajstić information content (AvgIpc) is 3.28. The van der Waals surface area contributed by atoms with Crippen LogP contribution in [-0.2, 0) is 22.6 Å². The van der Waals surface area contributed by atoms with E-state index in [-0.39, 0.29) is 12.8 Å². The van der Waals surface area contributed by atoms with Crippen LogP contribution in [0, 0.1) is 13.8 Å². The highest BCUT2D eigenvalue weighted by molar-refractivity contribution is 6.30. The molecule has 0 aliphatic heterocycles. The van der Waals surface area contributed by atoms with Crippen molar-refractivity contribution in [1.29, 1.82) is 0 Å². The van der Waals surface area contributed by atoms with E-state index in [2.05, 4.69) is 0 Å². The number of aliphatic carboxylic acids is 2. The standard InChI is InChI=1S/C34H34ClNO6/c1-23-19-28(35)20-24(2)34(23)42-18-4-3-17-41-29-14-11-25(12-15-29)10-13-26-7-5-8-30-33(26)27(21-32(39)40)22-36(30)16-6-9-31(37)38/h3-5,7-8,10-15,19-20,22H,6,9,16-18,21H2,1-2H3,(H,37,38)(H,39,40). The van der Waals surface area contributed by atoms with Gasteiger partial charge >= 0.3 is 11.9 Å². The summed E-state index contributed by atoms with van der Waals surface area (Å²) in [6.45, 7) is 5.29. The van der Waals surface area contributed by atoms with E-state index in [4.69, 9.17) is 26.2 Å². The highest BCUT2D eigenvalue weighted by Gasteiger charge is 2.14. The van der Waals surface area contributed by atoms with Crippen molar-refractivity contribution < 1.29 is 29.3 Å². The van der Waals surface area contributed by atoms with Crippen molar-refractivity contribution in [3.63, 3.8) is 0 Å². The Morgan fingerprint density at radius 3 is 2.26 bits per heavy atom. The largest absolute Gasteiger partial charge is 0.490 e. The molecule has 0 atom stereocenters. The smallest absolute Gasteiger partial charge is 0.307 e. The van der Waals surface area contributed by atoms with E-state index in [0.29, 0.717) is 36.8 Å². The van der Waals surface area contributed by atoms with Crippen LogP contribution >= 0.6 is 11.6 Å². The molecule has 0 radical (unpaired) electrons. The first kappa shape index (κ1) is 30.5. The number of hydrogen-bond acceptors (Lipinski definition) is 4. The molecule has 0 saturated carbocycles. The Kier molecular flexibility index (Phi) is 10.5. The lowest BCUT2D eigenvalue weighted by molar-refractivity contribution is -0.137. The summed E-state index contributed by atoms with van der Waals surface area (Å²) in [5.41, 5.74) is 5.47. The third-order valence-electron chi connectivity index (χ3n) is 6.75. The fourth-order valence-electron chi connectivity index (χ4n) is 4.89. The van der Waals surface area contributed by atoms with Gasteiger partial charge in [-0.05, 0) is 90.6 Å². The van der Waals surface area contributed by atoms with Crippen molar-refractivity contribution in [2.75, 3.05) is 13.2 Å². The van der Waals surface area contributed by atoms with Gasteiger partial charge in [0.2, 0.25) is 0 Å². The second-order valence-electron chi connectivity index (χ2n) is 10.0. The lowest BCUT2D eigenvalue weighted by atomic mass is 10.0. The van der Waals surface area contributed by atoms with Gasteiger partial charge in [-0.15, -0.1) is 0 Å². The van der Waals surface area contributed by atoms with E-state index in [1.165, 1.54) is 0 Å². The lowest BCUT2D eigenvalue weighted by Crippen LogP contribution is -2.01. The molecule has 218 valence electrons. The van der Waals surface area contributed by atoms with Crippen LogP contribution in [0.5, 0.6) is 11.5 Å². The van der Waals surface area contributed by atoms with E-state index in [0.717, 1.165) is 44.7 Å². The number of nitrogens with zero attached hydrogens (tertiary/aromatic N) is 1. The van der Waals surface area contributed by atoms with Gasteiger partial charge in [-0.25, -0.2) is 0 Å². The molecule has 3 aromatic carbocycles. The summed E-state index contributed by atoms with van der Waals surface area (Å²) in [6.07, 6.45) is 10.0. The third-order valence-corrected chi connectivity index (χ3v) is 6.96. The molecular formula is C34H34ClNO6. The first-order valence-electron chi connectivity index (χ1n) is 13.7. The normalized spacial score (nSPS) is 11.5. The molecule has 1 heterocycles. The summed E-state index contributed by atoms with van der Waals surface area (Å²) in [4.78, 5) is 22.5. The van der Waals surface area contributed by atoms with Crippen LogP contribution in [0.4, 0.5) is 0 Å². The van der Waals surface area contributed by atoms with E-state index in [1.54, 1.807) is 0 Å². The predicted molar refractivity (Wildman–Crippen MR) is 167 cm³/mol. The Balaban J connectivity index is 1.37. The zero-order valence-corrected chi connectivity index (χ0v) is 24.4. The molecule has 0 saturated heterocycles. The maximum Gasteiger partial charge on any atom is 0.307 e. The number of halogens is 1. The number of ether oxygens (including phenoxy) is 2. The number of rotatable bonds is 14. The minimum Gasteiger partial charge on any atom is -0.490 e. The van der Waals surface area contributed by atoms with Crippen molar-refractivity contribution >= 4 is 46.6 Å². The van der Waals surface area contributed by atoms with Crippen LogP contribution in [0.15, 0.2) is 72.9 Å². The number of benzene rings is 3. The lowest BCUT2D eigenvalue weighted by Gasteiger charge is -2.11. The number of fused-ring (bicyclic) bond motifs is 1. The summed E-state index contributed by atoms with van der Waals surface area (Å²) in [6, 6.07) is 17.3. The number of carbonyl (C=O) groups is 2. The van der Waals surface area contributed by atoms with Gasteiger partial charge in [0.05, 0.1) is 6.42 Å². The van der Waals surface area contributed by atoms with Crippen LogP contribution in [0.25, 0.3) is 23.1 Å². The molecule has 42 heavy (non-hydrogen) atoms. The van der Waals surface area contributed by atoms with Gasteiger partial charge in [-0.2, -0.15) is 0 Å². The third kappa shape index (κ3) is 8.27. The highest BCUT2D eigenvalue weighted by Crippen LogP contribution is 2.29. The molecule has 8 heteroatoms. The fourth-order valence-corrected chi connectivity index (χ4v) is 5.22. The zero-order valence-electron chi connectivity index (χ0n) is 23.7. The predicted octanol–water partition coefficient (Wildman–Crippen LogP) is 7.59. The second kappa shape index (κ2) is 14.4. The Labute approximate surface area is 250 Å². The minimum absolute atomic E-state index is 0.0573. The van der Waals surface area contributed by atoms with Gasteiger partial charge in [0.15, 0.2) is 0 Å². The minimum atomic E-state index is -0.914. The maximum absolute atomic E-state index is 11.5. The molecule has 0 spiro atoms. The number of aryl methyl sites for hydroxylation is 3. The van der Waals surface area contributed by atoms with Gasteiger partial charge in [0.25, 0.3) is 0 Å². The summed E-state index contributed by atoms with van der Waals surface area (Å²) < 4.78 is 13.6. The summed E-state index contributed by atoms with van der Waals surface area (Å²) >= 11 is 6.08. The van der Waals surface area contributed by atoms with Gasteiger partial charge in [-0.3, -0.25) is 9.59 Å². The molecular weight excluding hydrogens is 554 g/mol. The molecule has 0 fully saturated rings. The van der Waals surface area contributed by atoms with Crippen molar-refractivity contribution in [2.24, 2.45) is 0 Å². The molecule has 0 aliphatic carbocycles. The summed E-state index contributed by atoms with van der Waals surface area (Å²) in [5, 5.41) is 20.0. The van der Waals surface area contributed by atoms with Crippen LogP contribution in [0.1, 0.15) is 40.7 Å². The molecule has 0 unspecified atom stereocenters. The van der Waals surface area contributed by atoms with E-state index < -0.39 is 11.9 Å². The van der Waals surface area contributed by atoms with E-state index >= 15 is 0 Å². The maximum atomic E-state index is 11.5. The molecule has 1 aromatic heterocycles. The molecule has 0 aliphatic rings. The van der Waals surface area contributed by atoms with Crippen LogP contribution in [-0.4, -0.2) is 39.9 Å². The Hall–Kier alpha value is -4.49. The van der Waals surface area contributed by atoms with Gasteiger partial charge in [-0.1, -0.05) is 48.0 Å². The van der Waals surface area contributed by atoms with Gasteiger partial charge < -0.3 is 24.3 Å². The topological polar surface area (TPSA) is 98.0 Å². The molecule has 4 rings (SSSR count). The number of aromatic nitrogens is 1. The number of carboxylic acids is 2. The number of hydrogen-bond donors (Lipinski definition) is 2. The zero-order chi connectivity index (χ0) is 30.1. The molecule has 0 amide bonds. The molecule has 4 aromatic rings. The molecule has 7 nitrogen and oxygen atoms in total. The first-order valence-corrected chi connectivity index (χ1v) is 14.1. The van der Waals surface area contributed by atoms with Crippen molar-refractivity contribution in [3.05, 3.63) is 106 Å². The van der Waals surface area contributed by atoms with E-state index in [9.17, 15) is 14.7 Å². The molecule has 0 bridgehead atoms. The van der Waals surface area contributed by atoms with Crippen LogP contribution < -0.4 is 9.47 Å². The SMILES string of the molecule is Cc1cc(Cl)cc(C)c1OCC=CCOc1ccc(C=Cc2cccc3c2c(CC(=O)O)cn3CCCC(=O)O)cc1. The monoisotopic (exact) mass is 587 g/mol. The van der Waals surface area contributed by atoms with Crippen LogP contribution in [0.3, 0.4) is 0 Å². The van der Waals surface area contributed by atoms with E-state index in [1.807, 2.05) is 104 Å². The Morgan fingerprint density at radius 2 is 1.60 bits per heavy atom. The number of carboxylic acid groups (broad SMARTS) is 2. The Bertz CT molecular complexity index is 1590. The van der Waals surface area contributed by atoms with Crippen molar-refractivity contribution in [3.8, 4) is 11.5 Å².